The molecule has 3 rings (SSSR count). The fourth-order valence-electron chi connectivity index (χ4n) is 3.46. The average molecular weight is 446 g/mol. The molecule has 0 aliphatic carbocycles. The first-order valence-electron chi connectivity index (χ1n) is 9.93. The third-order valence-corrected chi connectivity index (χ3v) is 5.13. The van der Waals surface area contributed by atoms with E-state index in [0.29, 0.717) is 28.5 Å². The van der Waals surface area contributed by atoms with Gasteiger partial charge in [-0.1, -0.05) is 23.7 Å². The van der Waals surface area contributed by atoms with E-state index in [-0.39, 0.29) is 37.7 Å². The number of ether oxygens (including phenoxy) is 2. The second-order valence-electron chi connectivity index (χ2n) is 6.84. The molecular formula is C23H24ClNO6. The highest BCUT2D eigenvalue weighted by atomic mass is 35.5. The zero-order valence-electron chi connectivity index (χ0n) is 17.1. The lowest BCUT2D eigenvalue weighted by atomic mass is 9.95. The number of carbonyl (C=O) groups is 2. The Hall–Kier alpha value is -2.87. The normalized spacial score (nSPS) is 17.9. The molecule has 1 heterocycles. The Morgan fingerprint density at radius 3 is 2.35 bits per heavy atom. The summed E-state index contributed by atoms with van der Waals surface area (Å²) in [6.45, 7) is 2.62. The fourth-order valence-corrected chi connectivity index (χ4v) is 3.59. The zero-order valence-corrected chi connectivity index (χ0v) is 17.8. The molecule has 0 unspecified atom stereocenters. The van der Waals surface area contributed by atoms with Crippen molar-refractivity contribution in [3.8, 4) is 5.75 Å². The number of carbonyl (C=O) groups excluding carboxylic acids is 2. The number of amides is 1. The second-order valence-corrected chi connectivity index (χ2v) is 7.27. The molecule has 164 valence electrons. The first-order valence-corrected chi connectivity index (χ1v) is 10.3. The standard InChI is InChI=1S/C23H24ClNO6/c1-2-31-18-9-5-16(6-10-18)21(27)19-20(15-3-7-17(24)8-4-15)25(23(29)22(19)28)11-13-30-14-12-26/h3-10,20,26-27H,2,11-14H2,1H3/b21-19+/t20-/m1/s1. The first kappa shape index (κ1) is 22.8. The molecule has 1 amide bonds. The fraction of sp³-hybridized carbons (Fsp3) is 0.304. The van der Waals surface area contributed by atoms with Crippen molar-refractivity contribution in [2.24, 2.45) is 0 Å². The maximum atomic E-state index is 12.9. The quantitative estimate of drug-likeness (QED) is 0.266. The topological polar surface area (TPSA) is 96.3 Å². The number of halogens is 1. The Morgan fingerprint density at radius 2 is 1.74 bits per heavy atom. The van der Waals surface area contributed by atoms with E-state index < -0.39 is 17.7 Å². The van der Waals surface area contributed by atoms with E-state index in [1.807, 2.05) is 6.92 Å². The molecule has 1 aliphatic rings. The van der Waals surface area contributed by atoms with Crippen LogP contribution in [0.4, 0.5) is 0 Å². The van der Waals surface area contributed by atoms with Gasteiger partial charge in [-0.25, -0.2) is 0 Å². The summed E-state index contributed by atoms with van der Waals surface area (Å²) in [7, 11) is 0. The number of hydrogen-bond donors (Lipinski definition) is 2. The van der Waals surface area contributed by atoms with Crippen molar-refractivity contribution in [1.82, 2.24) is 4.90 Å². The van der Waals surface area contributed by atoms with E-state index in [1.54, 1.807) is 48.5 Å². The Morgan fingerprint density at radius 1 is 1.06 bits per heavy atom. The summed E-state index contributed by atoms with van der Waals surface area (Å²) in [5.74, 6) is -1.12. The van der Waals surface area contributed by atoms with Gasteiger partial charge in [-0.2, -0.15) is 0 Å². The zero-order chi connectivity index (χ0) is 22.4. The molecular weight excluding hydrogens is 422 g/mol. The van der Waals surface area contributed by atoms with Crippen LogP contribution in [0.5, 0.6) is 5.75 Å². The van der Waals surface area contributed by atoms with Crippen LogP contribution >= 0.6 is 11.6 Å². The van der Waals surface area contributed by atoms with Crippen LogP contribution in [0.2, 0.25) is 5.02 Å². The van der Waals surface area contributed by atoms with Crippen LogP contribution in [-0.4, -0.2) is 59.8 Å². The Labute approximate surface area is 185 Å². The van der Waals surface area contributed by atoms with Crippen molar-refractivity contribution in [2.45, 2.75) is 13.0 Å². The third kappa shape index (κ3) is 5.07. The van der Waals surface area contributed by atoms with Gasteiger partial charge in [-0.15, -0.1) is 0 Å². The van der Waals surface area contributed by atoms with Crippen LogP contribution in [0.1, 0.15) is 24.1 Å². The lowest BCUT2D eigenvalue weighted by molar-refractivity contribution is -0.140. The monoisotopic (exact) mass is 445 g/mol. The summed E-state index contributed by atoms with van der Waals surface area (Å²) < 4.78 is 10.7. The van der Waals surface area contributed by atoms with Gasteiger partial charge in [0.25, 0.3) is 11.7 Å². The van der Waals surface area contributed by atoms with Crippen molar-refractivity contribution < 1.29 is 29.3 Å². The minimum absolute atomic E-state index is 0.00126. The van der Waals surface area contributed by atoms with Gasteiger partial charge in [0.15, 0.2) is 0 Å². The molecule has 0 bridgehead atoms. The Bertz CT molecular complexity index is 955. The number of Topliss-reactive ketones (excluding diaryl/α,β-unsaturated/α-hetero) is 1. The summed E-state index contributed by atoms with van der Waals surface area (Å²) in [6, 6.07) is 12.6. The number of ketones is 1. The van der Waals surface area contributed by atoms with Crippen molar-refractivity contribution in [2.75, 3.05) is 33.0 Å². The SMILES string of the molecule is CCOc1ccc(/C(O)=C2\C(=O)C(=O)N(CCOCCO)[C@@H]2c2ccc(Cl)cc2)cc1. The molecule has 1 aliphatic heterocycles. The molecule has 7 nitrogen and oxygen atoms in total. The van der Waals surface area contributed by atoms with Crippen LogP contribution in [0.15, 0.2) is 54.1 Å². The van der Waals surface area contributed by atoms with Crippen LogP contribution in [0.25, 0.3) is 5.76 Å². The van der Waals surface area contributed by atoms with Crippen LogP contribution in [0, 0.1) is 0 Å². The predicted octanol–water partition coefficient (Wildman–Crippen LogP) is 3.17. The molecule has 31 heavy (non-hydrogen) atoms. The van der Waals surface area contributed by atoms with Gasteiger partial charge < -0.3 is 24.6 Å². The van der Waals surface area contributed by atoms with Gasteiger partial charge in [0.1, 0.15) is 11.5 Å². The van der Waals surface area contributed by atoms with Gasteiger partial charge in [-0.3, -0.25) is 9.59 Å². The van der Waals surface area contributed by atoms with Crippen molar-refractivity contribution in [1.29, 1.82) is 0 Å². The van der Waals surface area contributed by atoms with E-state index in [2.05, 4.69) is 0 Å². The summed E-state index contributed by atoms with van der Waals surface area (Å²) in [6.07, 6.45) is 0. The molecule has 0 radical (unpaired) electrons. The van der Waals surface area contributed by atoms with Crippen LogP contribution in [-0.2, 0) is 14.3 Å². The minimum atomic E-state index is -0.790. The number of hydrogen-bond acceptors (Lipinski definition) is 6. The smallest absolute Gasteiger partial charge is 0.295 e. The summed E-state index contributed by atoms with van der Waals surface area (Å²) in [5, 5.41) is 20.4. The second kappa shape index (κ2) is 10.4. The van der Waals surface area contributed by atoms with Crippen molar-refractivity contribution >= 4 is 29.1 Å². The summed E-state index contributed by atoms with van der Waals surface area (Å²) >= 11 is 6.00. The maximum Gasteiger partial charge on any atom is 0.295 e. The molecule has 2 N–H and O–H groups in total. The largest absolute Gasteiger partial charge is 0.507 e. The predicted molar refractivity (Wildman–Crippen MR) is 116 cm³/mol. The summed E-state index contributed by atoms with van der Waals surface area (Å²) in [4.78, 5) is 27.0. The van der Waals surface area contributed by atoms with Crippen LogP contribution < -0.4 is 4.74 Å². The lowest BCUT2D eigenvalue weighted by Crippen LogP contribution is -2.33. The number of aliphatic hydroxyl groups excluding tert-OH is 2. The van der Waals surface area contributed by atoms with Gasteiger partial charge in [0.2, 0.25) is 0 Å². The number of nitrogens with zero attached hydrogens (tertiary/aromatic N) is 1. The molecule has 1 atom stereocenters. The van der Waals surface area contributed by atoms with Gasteiger partial charge in [0, 0.05) is 17.1 Å². The number of benzene rings is 2. The van der Waals surface area contributed by atoms with Crippen LogP contribution in [0.3, 0.4) is 0 Å². The number of aliphatic hydroxyl groups is 2. The molecule has 1 saturated heterocycles. The van der Waals surface area contributed by atoms with Gasteiger partial charge in [0.05, 0.1) is 38.0 Å². The van der Waals surface area contributed by atoms with E-state index >= 15 is 0 Å². The number of likely N-dealkylation sites (tertiary alicyclic amines) is 1. The highest BCUT2D eigenvalue weighted by Gasteiger charge is 2.45. The molecule has 0 spiro atoms. The van der Waals surface area contributed by atoms with Crippen molar-refractivity contribution in [3.63, 3.8) is 0 Å². The first-order chi connectivity index (χ1) is 15.0. The molecule has 2 aromatic carbocycles. The average Bonchev–Trinajstić information content (AvgIpc) is 3.02. The highest BCUT2D eigenvalue weighted by Crippen LogP contribution is 2.39. The molecule has 8 heteroatoms. The molecule has 0 aromatic heterocycles. The molecule has 2 aromatic rings. The van der Waals surface area contributed by atoms with E-state index in [0.717, 1.165) is 0 Å². The van der Waals surface area contributed by atoms with E-state index in [4.69, 9.17) is 26.2 Å². The maximum absolute atomic E-state index is 12.9. The van der Waals surface area contributed by atoms with Gasteiger partial charge in [-0.05, 0) is 48.9 Å². The third-order valence-electron chi connectivity index (χ3n) is 4.88. The minimum Gasteiger partial charge on any atom is -0.507 e. The van der Waals surface area contributed by atoms with Gasteiger partial charge >= 0.3 is 0 Å². The van der Waals surface area contributed by atoms with Crippen molar-refractivity contribution in [3.05, 3.63) is 70.3 Å². The lowest BCUT2D eigenvalue weighted by Gasteiger charge is -2.25. The Kier molecular flexibility index (Phi) is 7.68. The van der Waals surface area contributed by atoms with E-state index in [1.165, 1.54) is 4.90 Å². The Balaban J connectivity index is 2.02. The molecule has 0 saturated carbocycles. The summed E-state index contributed by atoms with van der Waals surface area (Å²) in [5.41, 5.74) is 1.04. The number of rotatable bonds is 9. The highest BCUT2D eigenvalue weighted by molar-refractivity contribution is 6.46. The van der Waals surface area contributed by atoms with E-state index in [9.17, 15) is 14.7 Å². The molecule has 1 fully saturated rings.